The Morgan fingerprint density at radius 2 is 1.39 bits per heavy atom. The Labute approximate surface area is 167 Å². The summed E-state index contributed by atoms with van der Waals surface area (Å²) in [5.74, 6) is -3.81. The molecule has 12 heteroatoms. The highest BCUT2D eigenvalue weighted by Crippen LogP contribution is 2.01. The molecule has 7 N–H and O–H groups in total. The monoisotopic (exact) mass is 420 g/mol. The number of carboxylic acid groups (broad SMARTS) is 2. The summed E-state index contributed by atoms with van der Waals surface area (Å²) in [4.78, 5) is 57.8. The number of hydrogen-bond acceptors (Lipinski definition) is 7. The predicted molar refractivity (Wildman–Crippen MR) is 103 cm³/mol. The summed E-state index contributed by atoms with van der Waals surface area (Å²) in [5, 5.41) is 24.6. The summed E-state index contributed by atoms with van der Waals surface area (Å²) in [5.41, 5.74) is 5.72. The number of thioether (sulfide) groups is 1. The number of rotatable bonds is 13. The van der Waals surface area contributed by atoms with Gasteiger partial charge in [-0.15, -0.1) is 0 Å². The standard InChI is InChI=1S/C16H28N4O7S/c1-8(19-15(25)10(17)6-7-28-3)13(23)18-9(2)14(24)20-11(16(26)27)4-5-12(21)22/h8-11H,4-7,17H2,1-3H3,(H,18,23)(H,19,25)(H,20,24)(H,21,22)(H,26,27). The molecule has 0 aromatic rings. The highest BCUT2D eigenvalue weighted by Gasteiger charge is 2.26. The van der Waals surface area contributed by atoms with Crippen LogP contribution in [-0.4, -0.2) is 76.0 Å². The minimum Gasteiger partial charge on any atom is -0.481 e. The Balaban J connectivity index is 4.60. The van der Waals surface area contributed by atoms with Gasteiger partial charge in [0.25, 0.3) is 0 Å². The first-order chi connectivity index (χ1) is 13.0. The van der Waals surface area contributed by atoms with Crippen LogP contribution in [0.15, 0.2) is 0 Å². The zero-order chi connectivity index (χ0) is 21.9. The van der Waals surface area contributed by atoms with Gasteiger partial charge >= 0.3 is 11.9 Å². The third kappa shape index (κ3) is 10.1. The molecule has 0 aliphatic carbocycles. The van der Waals surface area contributed by atoms with Crippen molar-refractivity contribution in [1.82, 2.24) is 16.0 Å². The van der Waals surface area contributed by atoms with E-state index in [0.29, 0.717) is 12.2 Å². The summed E-state index contributed by atoms with van der Waals surface area (Å²) < 4.78 is 0. The third-order valence-electron chi connectivity index (χ3n) is 3.74. The van der Waals surface area contributed by atoms with Gasteiger partial charge in [0.1, 0.15) is 18.1 Å². The Bertz CT molecular complexity index is 587. The van der Waals surface area contributed by atoms with Crippen LogP contribution in [-0.2, 0) is 24.0 Å². The lowest BCUT2D eigenvalue weighted by molar-refractivity contribution is -0.143. The van der Waals surface area contributed by atoms with Crippen molar-refractivity contribution in [2.45, 2.75) is 57.3 Å². The van der Waals surface area contributed by atoms with Crippen LogP contribution in [0.1, 0.15) is 33.1 Å². The lowest BCUT2D eigenvalue weighted by Crippen LogP contribution is -2.55. The van der Waals surface area contributed by atoms with Gasteiger partial charge in [-0.1, -0.05) is 0 Å². The number of aliphatic carboxylic acids is 2. The maximum absolute atomic E-state index is 12.1. The molecule has 11 nitrogen and oxygen atoms in total. The van der Waals surface area contributed by atoms with Crippen LogP contribution in [0.25, 0.3) is 0 Å². The van der Waals surface area contributed by atoms with Crippen molar-refractivity contribution in [3.63, 3.8) is 0 Å². The number of nitrogens with two attached hydrogens (primary N) is 1. The van der Waals surface area contributed by atoms with E-state index in [9.17, 15) is 24.0 Å². The van der Waals surface area contributed by atoms with Crippen LogP contribution >= 0.6 is 11.8 Å². The summed E-state index contributed by atoms with van der Waals surface area (Å²) in [6, 6.07) is -4.20. The second-order valence-electron chi connectivity index (χ2n) is 6.18. The lowest BCUT2D eigenvalue weighted by Gasteiger charge is -2.21. The third-order valence-corrected chi connectivity index (χ3v) is 4.38. The van der Waals surface area contributed by atoms with E-state index in [4.69, 9.17) is 15.9 Å². The highest BCUT2D eigenvalue weighted by molar-refractivity contribution is 7.98. The SMILES string of the molecule is CSCCC(N)C(=O)NC(C)C(=O)NC(C)C(=O)NC(CCC(=O)O)C(=O)O. The van der Waals surface area contributed by atoms with Gasteiger partial charge in [0.15, 0.2) is 0 Å². The molecule has 0 radical (unpaired) electrons. The Hall–Kier alpha value is -2.34. The topological polar surface area (TPSA) is 188 Å². The van der Waals surface area contributed by atoms with Gasteiger partial charge in [-0.2, -0.15) is 11.8 Å². The molecule has 4 atom stereocenters. The average molecular weight is 420 g/mol. The Kier molecular flexibility index (Phi) is 11.9. The van der Waals surface area contributed by atoms with Crippen molar-refractivity contribution < 1.29 is 34.2 Å². The number of nitrogens with one attached hydrogen (secondary N) is 3. The van der Waals surface area contributed by atoms with Crippen LogP contribution < -0.4 is 21.7 Å². The van der Waals surface area contributed by atoms with Crippen molar-refractivity contribution >= 4 is 41.4 Å². The molecule has 0 bridgehead atoms. The van der Waals surface area contributed by atoms with Gasteiger partial charge in [-0.05, 0) is 38.7 Å². The molecule has 160 valence electrons. The molecule has 0 aliphatic rings. The Morgan fingerprint density at radius 1 is 0.893 bits per heavy atom. The molecule has 0 aliphatic heterocycles. The van der Waals surface area contributed by atoms with E-state index in [1.54, 1.807) is 0 Å². The first-order valence-electron chi connectivity index (χ1n) is 8.59. The number of carbonyl (C=O) groups excluding carboxylic acids is 3. The maximum atomic E-state index is 12.1. The van der Waals surface area contributed by atoms with Crippen LogP contribution in [0, 0.1) is 0 Å². The van der Waals surface area contributed by atoms with Gasteiger partial charge in [0.05, 0.1) is 6.04 Å². The van der Waals surface area contributed by atoms with E-state index < -0.39 is 60.2 Å². The van der Waals surface area contributed by atoms with Crippen LogP contribution in [0.5, 0.6) is 0 Å². The van der Waals surface area contributed by atoms with Gasteiger partial charge in [0.2, 0.25) is 17.7 Å². The summed E-state index contributed by atoms with van der Waals surface area (Å²) in [6.45, 7) is 2.76. The van der Waals surface area contributed by atoms with Crippen molar-refractivity contribution in [3.05, 3.63) is 0 Å². The van der Waals surface area contributed by atoms with E-state index in [2.05, 4.69) is 16.0 Å². The molecule has 28 heavy (non-hydrogen) atoms. The van der Waals surface area contributed by atoms with E-state index >= 15 is 0 Å². The summed E-state index contributed by atoms with van der Waals surface area (Å²) in [7, 11) is 0. The van der Waals surface area contributed by atoms with Gasteiger partial charge in [-0.3, -0.25) is 19.2 Å². The van der Waals surface area contributed by atoms with Crippen LogP contribution in [0.3, 0.4) is 0 Å². The van der Waals surface area contributed by atoms with E-state index in [-0.39, 0.29) is 6.42 Å². The maximum Gasteiger partial charge on any atom is 0.326 e. The molecular weight excluding hydrogens is 392 g/mol. The van der Waals surface area contributed by atoms with Gasteiger partial charge < -0.3 is 31.9 Å². The normalized spacial score (nSPS) is 14.9. The molecule has 0 saturated heterocycles. The largest absolute Gasteiger partial charge is 0.481 e. The summed E-state index contributed by atoms with van der Waals surface area (Å²) >= 11 is 1.54. The Morgan fingerprint density at radius 3 is 1.86 bits per heavy atom. The first kappa shape index (κ1) is 25.7. The minimum atomic E-state index is -1.39. The molecule has 0 aromatic heterocycles. The van der Waals surface area contributed by atoms with Gasteiger partial charge in [0, 0.05) is 6.42 Å². The molecule has 0 saturated carbocycles. The van der Waals surface area contributed by atoms with E-state index in [1.165, 1.54) is 25.6 Å². The van der Waals surface area contributed by atoms with Crippen LogP contribution in [0.2, 0.25) is 0 Å². The molecule has 0 aromatic carbocycles. The van der Waals surface area contributed by atoms with E-state index in [1.807, 2.05) is 6.26 Å². The van der Waals surface area contributed by atoms with Crippen molar-refractivity contribution in [2.24, 2.45) is 5.73 Å². The molecule has 0 fully saturated rings. The second-order valence-corrected chi connectivity index (χ2v) is 7.17. The molecule has 0 spiro atoms. The molecule has 4 unspecified atom stereocenters. The molecular formula is C16H28N4O7S. The number of amides is 3. The van der Waals surface area contributed by atoms with E-state index in [0.717, 1.165) is 0 Å². The number of carbonyl (C=O) groups is 5. The predicted octanol–water partition coefficient (Wildman–Crippen LogP) is -1.49. The first-order valence-corrected chi connectivity index (χ1v) is 9.99. The quantitative estimate of drug-likeness (QED) is 0.206. The smallest absolute Gasteiger partial charge is 0.326 e. The van der Waals surface area contributed by atoms with Gasteiger partial charge in [-0.25, -0.2) is 4.79 Å². The molecule has 3 amide bonds. The zero-order valence-corrected chi connectivity index (χ0v) is 16.9. The lowest BCUT2D eigenvalue weighted by atomic mass is 10.1. The number of hydrogen-bond donors (Lipinski definition) is 6. The van der Waals surface area contributed by atoms with Crippen molar-refractivity contribution in [2.75, 3.05) is 12.0 Å². The average Bonchev–Trinajstić information content (AvgIpc) is 2.61. The fraction of sp³-hybridized carbons (Fsp3) is 0.688. The number of carboxylic acids is 2. The minimum absolute atomic E-state index is 0.294. The fourth-order valence-electron chi connectivity index (χ4n) is 1.99. The second kappa shape index (κ2) is 12.9. The molecule has 0 rings (SSSR count). The van der Waals surface area contributed by atoms with Crippen LogP contribution in [0.4, 0.5) is 0 Å². The summed E-state index contributed by atoms with van der Waals surface area (Å²) in [6.07, 6.45) is 1.60. The van der Waals surface area contributed by atoms with Crippen molar-refractivity contribution in [3.8, 4) is 0 Å². The zero-order valence-electron chi connectivity index (χ0n) is 16.1. The highest BCUT2D eigenvalue weighted by atomic mass is 32.2. The van der Waals surface area contributed by atoms with Crippen molar-refractivity contribution in [1.29, 1.82) is 0 Å². The fourth-order valence-corrected chi connectivity index (χ4v) is 2.48. The molecule has 0 heterocycles.